The topological polar surface area (TPSA) is 84.6 Å². The highest BCUT2D eigenvalue weighted by Crippen LogP contribution is 2.28. The van der Waals surface area contributed by atoms with Crippen molar-refractivity contribution in [2.24, 2.45) is 0 Å². The van der Waals surface area contributed by atoms with Crippen LogP contribution in [0.3, 0.4) is 0 Å². The van der Waals surface area contributed by atoms with Crippen LogP contribution in [0.15, 0.2) is 12.1 Å². The van der Waals surface area contributed by atoms with E-state index in [1.807, 2.05) is 0 Å². The Morgan fingerprint density at radius 2 is 2.21 bits per heavy atom. The van der Waals surface area contributed by atoms with Gasteiger partial charge in [-0.2, -0.15) is 0 Å². The predicted molar refractivity (Wildman–Crippen MR) is 75.7 cm³/mol. The van der Waals surface area contributed by atoms with Crippen LogP contribution in [-0.4, -0.2) is 37.4 Å². The average molecular weight is 307 g/mol. The lowest BCUT2D eigenvalue weighted by atomic mass is 10.2. The largest absolute Gasteiger partial charge is 0.399 e. The molecular formula is C12H16Cl2N2O3. The fourth-order valence-corrected chi connectivity index (χ4v) is 1.92. The maximum atomic E-state index is 11.9. The Kier molecular flexibility index (Phi) is 6.37. The molecule has 0 saturated heterocycles. The highest BCUT2D eigenvalue weighted by molar-refractivity contribution is 6.44. The van der Waals surface area contributed by atoms with Crippen molar-refractivity contribution in [1.82, 2.24) is 5.32 Å². The van der Waals surface area contributed by atoms with Gasteiger partial charge in [0.25, 0.3) is 5.91 Å². The fourth-order valence-electron chi connectivity index (χ4n) is 1.50. The van der Waals surface area contributed by atoms with E-state index in [-0.39, 0.29) is 28.1 Å². The third-order valence-electron chi connectivity index (χ3n) is 2.42. The molecule has 0 spiro atoms. The summed E-state index contributed by atoms with van der Waals surface area (Å²) in [5.74, 6) is -0.385. The Bertz CT molecular complexity index is 455. The molecule has 0 saturated carbocycles. The molecule has 1 unspecified atom stereocenters. The number of hydrogen-bond donors (Lipinski definition) is 3. The normalized spacial score (nSPS) is 12.2. The number of nitrogen functional groups attached to an aromatic ring is 1. The van der Waals surface area contributed by atoms with E-state index in [4.69, 9.17) is 33.7 Å². The molecule has 7 heteroatoms. The van der Waals surface area contributed by atoms with Gasteiger partial charge in [0.2, 0.25) is 0 Å². The zero-order chi connectivity index (χ0) is 14.4. The monoisotopic (exact) mass is 306 g/mol. The van der Waals surface area contributed by atoms with Gasteiger partial charge in [0.1, 0.15) is 0 Å². The van der Waals surface area contributed by atoms with E-state index in [9.17, 15) is 9.90 Å². The molecule has 0 bridgehead atoms. The number of halogens is 2. The molecule has 4 N–H and O–H groups in total. The van der Waals surface area contributed by atoms with Crippen LogP contribution in [0.4, 0.5) is 5.69 Å². The summed E-state index contributed by atoms with van der Waals surface area (Å²) in [6.07, 6.45) is -0.238. The minimum Gasteiger partial charge on any atom is -0.399 e. The van der Waals surface area contributed by atoms with Crippen molar-refractivity contribution >= 4 is 34.8 Å². The molecule has 0 heterocycles. The number of aliphatic hydroxyl groups excluding tert-OH is 1. The number of carbonyl (C=O) groups is 1. The lowest BCUT2D eigenvalue weighted by Gasteiger charge is -2.11. The van der Waals surface area contributed by atoms with Crippen LogP contribution in [-0.2, 0) is 4.74 Å². The number of methoxy groups -OCH3 is 1. The highest BCUT2D eigenvalue weighted by Gasteiger charge is 2.14. The molecule has 5 nitrogen and oxygen atoms in total. The average Bonchev–Trinajstić information content (AvgIpc) is 2.33. The molecule has 106 valence electrons. The molecule has 0 aliphatic carbocycles. The van der Waals surface area contributed by atoms with Gasteiger partial charge in [0.05, 0.1) is 28.3 Å². The van der Waals surface area contributed by atoms with Crippen LogP contribution in [0.5, 0.6) is 0 Å². The zero-order valence-electron chi connectivity index (χ0n) is 10.5. The van der Waals surface area contributed by atoms with Gasteiger partial charge in [-0.3, -0.25) is 4.79 Å². The molecule has 0 aromatic heterocycles. The molecule has 1 aromatic rings. The third kappa shape index (κ3) is 4.87. The van der Waals surface area contributed by atoms with Crippen molar-refractivity contribution in [1.29, 1.82) is 0 Å². The molecule has 19 heavy (non-hydrogen) atoms. The highest BCUT2D eigenvalue weighted by atomic mass is 35.5. The fraction of sp³-hybridized carbons (Fsp3) is 0.417. The second-order valence-corrected chi connectivity index (χ2v) is 4.80. The molecule has 0 aliphatic rings. The number of anilines is 1. The van der Waals surface area contributed by atoms with Gasteiger partial charge in [0.15, 0.2) is 0 Å². The first-order valence-corrected chi connectivity index (χ1v) is 6.41. The van der Waals surface area contributed by atoms with Crippen molar-refractivity contribution in [2.45, 2.75) is 12.5 Å². The summed E-state index contributed by atoms with van der Waals surface area (Å²) in [4.78, 5) is 11.9. The minimum absolute atomic E-state index is 0.158. The molecular weight excluding hydrogens is 291 g/mol. The number of aliphatic hydroxyl groups is 1. The Morgan fingerprint density at radius 1 is 1.53 bits per heavy atom. The zero-order valence-corrected chi connectivity index (χ0v) is 12.0. The van der Waals surface area contributed by atoms with Crippen LogP contribution in [0.1, 0.15) is 16.8 Å². The lowest BCUT2D eigenvalue weighted by molar-refractivity contribution is 0.0587. The first-order valence-electron chi connectivity index (χ1n) is 5.65. The summed E-state index contributed by atoms with van der Waals surface area (Å²) in [6, 6.07) is 2.93. The number of carbonyl (C=O) groups excluding carboxylic acids is 1. The van der Waals surface area contributed by atoms with Gasteiger partial charge in [-0.1, -0.05) is 23.2 Å². The summed E-state index contributed by atoms with van der Waals surface area (Å²) in [5.41, 5.74) is 6.18. The van der Waals surface area contributed by atoms with Gasteiger partial charge >= 0.3 is 0 Å². The number of nitrogens with one attached hydrogen (secondary N) is 1. The smallest absolute Gasteiger partial charge is 0.252 e. The van der Waals surface area contributed by atoms with Crippen molar-refractivity contribution < 1.29 is 14.6 Å². The second-order valence-electron chi connectivity index (χ2n) is 4.02. The van der Waals surface area contributed by atoms with Gasteiger partial charge < -0.3 is 20.9 Å². The summed E-state index contributed by atoms with van der Waals surface area (Å²) < 4.78 is 4.78. The third-order valence-corrected chi connectivity index (χ3v) is 3.22. The number of rotatable bonds is 6. The number of hydrogen-bond acceptors (Lipinski definition) is 4. The molecule has 0 radical (unpaired) electrons. The molecule has 0 aliphatic heterocycles. The van der Waals surface area contributed by atoms with Crippen LogP contribution >= 0.6 is 23.2 Å². The van der Waals surface area contributed by atoms with Crippen LogP contribution in [0, 0.1) is 0 Å². The van der Waals surface area contributed by atoms with E-state index in [0.717, 1.165) is 0 Å². The number of benzene rings is 1. The van der Waals surface area contributed by atoms with Gasteiger partial charge in [0, 0.05) is 19.3 Å². The SMILES string of the molecule is COCC(O)CCNC(=O)c1cc(N)cc(Cl)c1Cl. The Hall–Kier alpha value is -1.01. The second kappa shape index (κ2) is 7.55. The van der Waals surface area contributed by atoms with E-state index in [1.54, 1.807) is 0 Å². The Balaban J connectivity index is 2.59. The van der Waals surface area contributed by atoms with E-state index in [2.05, 4.69) is 5.32 Å². The lowest BCUT2D eigenvalue weighted by Crippen LogP contribution is -2.28. The van der Waals surface area contributed by atoms with Crippen molar-refractivity contribution in [2.75, 3.05) is 26.0 Å². The van der Waals surface area contributed by atoms with Crippen molar-refractivity contribution in [3.05, 3.63) is 27.7 Å². The number of nitrogens with two attached hydrogens (primary N) is 1. The van der Waals surface area contributed by atoms with Crippen LogP contribution < -0.4 is 11.1 Å². The maximum absolute atomic E-state index is 11.9. The quantitative estimate of drug-likeness (QED) is 0.698. The van der Waals surface area contributed by atoms with E-state index >= 15 is 0 Å². The van der Waals surface area contributed by atoms with E-state index in [0.29, 0.717) is 18.7 Å². The summed E-state index contributed by atoms with van der Waals surface area (Å²) in [6.45, 7) is 0.521. The molecule has 1 rings (SSSR count). The van der Waals surface area contributed by atoms with Gasteiger partial charge in [-0.25, -0.2) is 0 Å². The Morgan fingerprint density at radius 3 is 2.84 bits per heavy atom. The van der Waals surface area contributed by atoms with E-state index < -0.39 is 6.10 Å². The van der Waals surface area contributed by atoms with Gasteiger partial charge in [-0.05, 0) is 18.6 Å². The molecule has 1 atom stereocenters. The minimum atomic E-state index is -0.620. The van der Waals surface area contributed by atoms with Crippen molar-refractivity contribution in [3.8, 4) is 0 Å². The molecule has 1 aromatic carbocycles. The number of amides is 1. The standard InChI is InChI=1S/C12H16Cl2N2O3/c1-19-6-8(17)2-3-16-12(18)9-4-7(15)5-10(13)11(9)14/h4-5,8,17H,2-3,6,15H2,1H3,(H,16,18). The summed E-state index contributed by atoms with van der Waals surface area (Å²) >= 11 is 11.8. The van der Waals surface area contributed by atoms with Crippen LogP contribution in [0.2, 0.25) is 10.0 Å². The van der Waals surface area contributed by atoms with Crippen LogP contribution in [0.25, 0.3) is 0 Å². The van der Waals surface area contributed by atoms with Crippen molar-refractivity contribution in [3.63, 3.8) is 0 Å². The van der Waals surface area contributed by atoms with E-state index in [1.165, 1.54) is 19.2 Å². The first kappa shape index (κ1) is 16.0. The molecule has 0 fully saturated rings. The first-order chi connectivity index (χ1) is 8.95. The summed E-state index contributed by atoms with van der Waals surface area (Å²) in [5, 5.41) is 12.4. The summed E-state index contributed by atoms with van der Waals surface area (Å²) in [7, 11) is 1.50. The van der Waals surface area contributed by atoms with Gasteiger partial charge in [-0.15, -0.1) is 0 Å². The predicted octanol–water partition coefficient (Wildman–Crippen LogP) is 1.70. The maximum Gasteiger partial charge on any atom is 0.252 e. The molecule has 1 amide bonds. The Labute approximate surface area is 121 Å². The number of ether oxygens (including phenoxy) is 1.